The highest BCUT2D eigenvalue weighted by Crippen LogP contribution is 2.20. The Bertz CT molecular complexity index is 881. The van der Waals surface area contributed by atoms with Crippen LogP contribution in [-0.2, 0) is 13.1 Å². The molecule has 0 aliphatic carbocycles. The number of nitrogens with zero attached hydrogens (tertiary/aromatic N) is 3. The number of imidazole rings is 1. The second kappa shape index (κ2) is 9.11. The first kappa shape index (κ1) is 18.8. The highest BCUT2D eigenvalue weighted by atomic mass is 16.5. The first-order valence-electron chi connectivity index (χ1n) is 10.3. The zero-order chi connectivity index (χ0) is 19.2. The molecule has 4 rings (SSSR count). The molecule has 2 heterocycles. The van der Waals surface area contributed by atoms with E-state index in [9.17, 15) is 0 Å². The van der Waals surface area contributed by atoms with Gasteiger partial charge in [-0.1, -0.05) is 25.0 Å². The van der Waals surface area contributed by atoms with Crippen LogP contribution in [0.25, 0.3) is 11.0 Å². The number of aromatic nitrogens is 2. The van der Waals surface area contributed by atoms with Crippen molar-refractivity contribution in [3.05, 3.63) is 54.4 Å². The Morgan fingerprint density at radius 3 is 2.36 bits per heavy atom. The molecule has 0 amide bonds. The van der Waals surface area contributed by atoms with Gasteiger partial charge in [-0.15, -0.1) is 0 Å². The van der Waals surface area contributed by atoms with Crippen molar-refractivity contribution in [2.45, 2.75) is 38.8 Å². The van der Waals surface area contributed by atoms with Gasteiger partial charge in [-0.25, -0.2) is 4.98 Å². The molecular weight excluding hydrogens is 350 g/mol. The van der Waals surface area contributed by atoms with Crippen LogP contribution in [0.4, 0.5) is 0 Å². The van der Waals surface area contributed by atoms with Crippen molar-refractivity contribution in [1.29, 1.82) is 0 Å². The molecule has 0 atom stereocenters. The van der Waals surface area contributed by atoms with Crippen LogP contribution in [0.5, 0.6) is 11.5 Å². The van der Waals surface area contributed by atoms with Crippen molar-refractivity contribution in [1.82, 2.24) is 14.5 Å². The largest absolute Gasteiger partial charge is 0.497 e. The number of hydrogen-bond donors (Lipinski definition) is 0. The van der Waals surface area contributed by atoms with E-state index in [2.05, 4.69) is 33.7 Å². The summed E-state index contributed by atoms with van der Waals surface area (Å²) in [6, 6.07) is 16.1. The summed E-state index contributed by atoms with van der Waals surface area (Å²) < 4.78 is 13.5. The molecule has 0 saturated carbocycles. The highest BCUT2D eigenvalue weighted by Gasteiger charge is 2.15. The average molecular weight is 380 g/mol. The van der Waals surface area contributed by atoms with Crippen LogP contribution in [-0.4, -0.2) is 41.3 Å². The molecular formula is C23H29N3O2. The summed E-state index contributed by atoms with van der Waals surface area (Å²) in [5.41, 5.74) is 2.25. The summed E-state index contributed by atoms with van der Waals surface area (Å²) in [5, 5.41) is 0. The van der Waals surface area contributed by atoms with Crippen molar-refractivity contribution >= 4 is 11.0 Å². The molecule has 1 aromatic heterocycles. The Kier molecular flexibility index (Phi) is 6.12. The minimum Gasteiger partial charge on any atom is -0.497 e. The third-order valence-corrected chi connectivity index (χ3v) is 5.44. The average Bonchev–Trinajstić information content (AvgIpc) is 2.89. The summed E-state index contributed by atoms with van der Waals surface area (Å²) in [5.74, 6) is 2.84. The Morgan fingerprint density at radius 2 is 1.61 bits per heavy atom. The molecule has 1 aliphatic heterocycles. The molecule has 0 N–H and O–H groups in total. The van der Waals surface area contributed by atoms with Gasteiger partial charge < -0.3 is 14.0 Å². The van der Waals surface area contributed by atoms with Gasteiger partial charge in [0.15, 0.2) is 0 Å². The maximum Gasteiger partial charge on any atom is 0.124 e. The zero-order valence-electron chi connectivity index (χ0n) is 16.6. The van der Waals surface area contributed by atoms with Crippen molar-refractivity contribution in [2.24, 2.45) is 0 Å². The third kappa shape index (κ3) is 4.47. The number of hydrogen-bond acceptors (Lipinski definition) is 4. The topological polar surface area (TPSA) is 39.5 Å². The fourth-order valence-corrected chi connectivity index (χ4v) is 3.92. The Balaban J connectivity index is 1.47. The fraction of sp³-hybridized carbons (Fsp3) is 0.435. The van der Waals surface area contributed by atoms with E-state index in [-0.39, 0.29) is 0 Å². The second-order valence-electron chi connectivity index (χ2n) is 7.38. The van der Waals surface area contributed by atoms with Crippen LogP contribution in [0.1, 0.15) is 31.5 Å². The predicted octanol–water partition coefficient (Wildman–Crippen LogP) is 4.50. The first-order valence-corrected chi connectivity index (χ1v) is 10.3. The maximum absolute atomic E-state index is 5.97. The Hall–Kier alpha value is -2.53. The number of para-hydroxylation sites is 2. The number of methoxy groups -OCH3 is 1. The molecule has 28 heavy (non-hydrogen) atoms. The van der Waals surface area contributed by atoms with E-state index in [0.717, 1.165) is 35.9 Å². The van der Waals surface area contributed by atoms with Crippen molar-refractivity contribution < 1.29 is 9.47 Å². The standard InChI is InChI=1S/C23H29N3O2/c1-27-19-10-12-20(13-11-19)28-17-16-26-22-9-5-4-8-21(22)24-23(26)18-25-14-6-2-3-7-15-25/h4-5,8-13H,2-3,6-7,14-18H2,1H3. The molecule has 1 saturated heterocycles. The normalized spacial score (nSPS) is 15.5. The van der Waals surface area contributed by atoms with E-state index in [1.54, 1.807) is 7.11 Å². The molecule has 148 valence electrons. The summed E-state index contributed by atoms with van der Waals surface area (Å²) in [4.78, 5) is 7.49. The molecule has 5 heteroatoms. The number of fused-ring (bicyclic) bond motifs is 1. The maximum atomic E-state index is 5.97. The lowest BCUT2D eigenvalue weighted by molar-refractivity contribution is 0.258. The van der Waals surface area contributed by atoms with Crippen LogP contribution in [0, 0.1) is 0 Å². The second-order valence-corrected chi connectivity index (χ2v) is 7.38. The Labute approximate surface area is 166 Å². The van der Waals surface area contributed by atoms with E-state index in [1.165, 1.54) is 44.3 Å². The van der Waals surface area contributed by atoms with Gasteiger partial charge in [-0.3, -0.25) is 4.90 Å². The lowest BCUT2D eigenvalue weighted by Gasteiger charge is -2.20. The van der Waals surface area contributed by atoms with E-state index >= 15 is 0 Å². The van der Waals surface area contributed by atoms with E-state index in [0.29, 0.717) is 6.61 Å². The van der Waals surface area contributed by atoms with Crippen molar-refractivity contribution in [3.8, 4) is 11.5 Å². The van der Waals surface area contributed by atoms with Gasteiger partial charge in [0.05, 0.1) is 31.2 Å². The quantitative estimate of drug-likeness (QED) is 0.606. The van der Waals surface area contributed by atoms with Crippen molar-refractivity contribution in [2.75, 3.05) is 26.8 Å². The molecule has 2 aromatic carbocycles. The van der Waals surface area contributed by atoms with E-state index < -0.39 is 0 Å². The first-order chi connectivity index (χ1) is 13.8. The summed E-state index contributed by atoms with van der Waals surface area (Å²) in [7, 11) is 1.67. The summed E-state index contributed by atoms with van der Waals surface area (Å²) in [6.45, 7) is 4.66. The fourth-order valence-electron chi connectivity index (χ4n) is 3.92. The molecule has 5 nitrogen and oxygen atoms in total. The van der Waals surface area contributed by atoms with Crippen LogP contribution >= 0.6 is 0 Å². The third-order valence-electron chi connectivity index (χ3n) is 5.44. The lowest BCUT2D eigenvalue weighted by atomic mass is 10.2. The van der Waals surface area contributed by atoms with Gasteiger partial charge >= 0.3 is 0 Å². The minimum absolute atomic E-state index is 0.611. The van der Waals surface area contributed by atoms with Gasteiger partial charge in [0, 0.05) is 0 Å². The molecule has 0 radical (unpaired) electrons. The Morgan fingerprint density at radius 1 is 0.893 bits per heavy atom. The highest BCUT2D eigenvalue weighted by molar-refractivity contribution is 5.75. The van der Waals surface area contributed by atoms with Gasteiger partial charge in [0.25, 0.3) is 0 Å². The minimum atomic E-state index is 0.611. The predicted molar refractivity (Wildman–Crippen MR) is 112 cm³/mol. The van der Waals surface area contributed by atoms with E-state index in [4.69, 9.17) is 14.5 Å². The van der Waals surface area contributed by atoms with Gasteiger partial charge in [-0.05, 0) is 62.3 Å². The van der Waals surface area contributed by atoms with Gasteiger partial charge in [0.2, 0.25) is 0 Å². The van der Waals surface area contributed by atoms with Crippen LogP contribution < -0.4 is 9.47 Å². The molecule has 1 aliphatic rings. The van der Waals surface area contributed by atoms with Crippen LogP contribution in [0.3, 0.4) is 0 Å². The van der Waals surface area contributed by atoms with Crippen molar-refractivity contribution in [3.63, 3.8) is 0 Å². The number of likely N-dealkylation sites (tertiary alicyclic amines) is 1. The summed E-state index contributed by atoms with van der Waals surface area (Å²) in [6.07, 6.45) is 5.28. The molecule has 0 bridgehead atoms. The van der Waals surface area contributed by atoms with Crippen LogP contribution in [0.15, 0.2) is 48.5 Å². The lowest BCUT2D eigenvalue weighted by Crippen LogP contribution is -2.26. The van der Waals surface area contributed by atoms with E-state index in [1.807, 2.05) is 24.3 Å². The molecule has 1 fully saturated rings. The number of ether oxygens (including phenoxy) is 2. The summed E-state index contributed by atoms with van der Waals surface area (Å²) >= 11 is 0. The number of benzene rings is 2. The van der Waals surface area contributed by atoms with Gasteiger partial charge in [0.1, 0.15) is 23.9 Å². The SMILES string of the molecule is COc1ccc(OCCn2c(CN3CCCCCC3)nc3ccccc32)cc1. The smallest absolute Gasteiger partial charge is 0.124 e. The molecule has 0 unspecified atom stereocenters. The van der Waals surface area contributed by atoms with Crippen LogP contribution in [0.2, 0.25) is 0 Å². The monoisotopic (exact) mass is 379 g/mol. The number of rotatable bonds is 7. The van der Waals surface area contributed by atoms with Gasteiger partial charge in [-0.2, -0.15) is 0 Å². The molecule has 3 aromatic rings. The zero-order valence-corrected chi connectivity index (χ0v) is 16.6. The molecule has 0 spiro atoms.